The summed E-state index contributed by atoms with van der Waals surface area (Å²) in [7, 11) is -3.39. The summed E-state index contributed by atoms with van der Waals surface area (Å²) in [6.45, 7) is 3.77. The zero-order valence-electron chi connectivity index (χ0n) is 11.5. The van der Waals surface area contributed by atoms with E-state index in [2.05, 4.69) is 9.62 Å². The van der Waals surface area contributed by atoms with Gasteiger partial charge >= 0.3 is 0 Å². The second kappa shape index (κ2) is 7.51. The highest BCUT2D eigenvalue weighted by Crippen LogP contribution is 2.21. The summed E-state index contributed by atoms with van der Waals surface area (Å²) in [5, 5.41) is 8.85. The van der Waals surface area contributed by atoms with E-state index in [4.69, 9.17) is 5.11 Å². The van der Waals surface area contributed by atoms with Gasteiger partial charge in [-0.15, -0.1) is 11.3 Å². The third-order valence-electron chi connectivity index (χ3n) is 3.40. The minimum atomic E-state index is -3.39. The summed E-state index contributed by atoms with van der Waals surface area (Å²) in [4.78, 5) is 3.27. The number of thiophene rings is 1. The van der Waals surface area contributed by atoms with Crippen LogP contribution in [0.1, 0.15) is 24.1 Å². The molecule has 1 aromatic rings. The molecule has 0 saturated carbocycles. The highest BCUT2D eigenvalue weighted by atomic mass is 32.2. The lowest BCUT2D eigenvalue weighted by molar-refractivity contribution is 0.300. The smallest absolute Gasteiger partial charge is 0.250 e. The van der Waals surface area contributed by atoms with E-state index < -0.39 is 10.0 Å². The monoisotopic (exact) mass is 318 g/mol. The van der Waals surface area contributed by atoms with Gasteiger partial charge in [0.25, 0.3) is 0 Å². The van der Waals surface area contributed by atoms with Crippen LogP contribution in [0.5, 0.6) is 0 Å². The van der Waals surface area contributed by atoms with E-state index in [-0.39, 0.29) is 6.61 Å². The molecular weight excluding hydrogens is 296 g/mol. The minimum Gasteiger partial charge on any atom is -0.396 e. The Bertz CT molecular complexity index is 507. The first kappa shape index (κ1) is 15.9. The number of likely N-dealkylation sites (tertiary alicyclic amines) is 1. The normalized spacial score (nSPS) is 16.9. The summed E-state index contributed by atoms with van der Waals surface area (Å²) >= 11 is 1.23. The molecule has 1 fully saturated rings. The summed E-state index contributed by atoms with van der Waals surface area (Å²) in [5.74, 6) is 0. The molecule has 0 aromatic carbocycles. The van der Waals surface area contributed by atoms with Crippen molar-refractivity contribution in [3.63, 3.8) is 0 Å². The number of nitrogens with one attached hydrogen (secondary N) is 1. The Hall–Kier alpha value is -0.470. The van der Waals surface area contributed by atoms with Crippen molar-refractivity contribution in [2.24, 2.45) is 0 Å². The second-order valence-electron chi connectivity index (χ2n) is 4.99. The van der Waals surface area contributed by atoms with Crippen LogP contribution in [0, 0.1) is 0 Å². The Labute approximate surface area is 124 Å². The van der Waals surface area contributed by atoms with Crippen LogP contribution < -0.4 is 4.72 Å². The maximum Gasteiger partial charge on any atom is 0.250 e. The fourth-order valence-electron chi connectivity index (χ4n) is 2.33. The number of nitrogens with zero attached hydrogens (tertiary/aromatic N) is 1. The second-order valence-corrected chi connectivity index (χ2v) is 8.16. The Morgan fingerprint density at radius 3 is 2.75 bits per heavy atom. The first-order chi connectivity index (χ1) is 9.62. The highest BCUT2D eigenvalue weighted by molar-refractivity contribution is 7.91. The van der Waals surface area contributed by atoms with Crippen LogP contribution in [0.3, 0.4) is 0 Å². The Kier molecular flexibility index (Phi) is 5.98. The maximum absolute atomic E-state index is 12.1. The lowest BCUT2D eigenvalue weighted by atomic mass is 10.4. The molecule has 0 amide bonds. The number of aliphatic hydroxyl groups excluding tert-OH is 1. The van der Waals surface area contributed by atoms with Crippen molar-refractivity contribution in [1.82, 2.24) is 9.62 Å². The molecule has 0 unspecified atom stereocenters. The molecule has 1 saturated heterocycles. The van der Waals surface area contributed by atoms with Gasteiger partial charge in [0.2, 0.25) is 10.0 Å². The van der Waals surface area contributed by atoms with Crippen molar-refractivity contribution < 1.29 is 13.5 Å². The topological polar surface area (TPSA) is 69.6 Å². The fourth-order valence-corrected chi connectivity index (χ4v) is 4.80. The van der Waals surface area contributed by atoms with Crippen molar-refractivity contribution >= 4 is 21.4 Å². The molecule has 1 aromatic heterocycles. The maximum atomic E-state index is 12.1. The molecule has 0 atom stereocenters. The zero-order chi connectivity index (χ0) is 14.4. The van der Waals surface area contributed by atoms with Gasteiger partial charge < -0.3 is 10.0 Å². The molecule has 114 valence electrons. The summed E-state index contributed by atoms with van der Waals surface area (Å²) in [6, 6.07) is 3.37. The van der Waals surface area contributed by atoms with E-state index in [1.54, 1.807) is 12.1 Å². The lowest BCUT2D eigenvalue weighted by Crippen LogP contribution is -2.28. The van der Waals surface area contributed by atoms with Crippen molar-refractivity contribution in [1.29, 1.82) is 0 Å². The standard InChI is InChI=1S/C13H22N2O3S2/c16-11-6-12-4-5-13(19-12)20(17,18)14-7-3-10-15-8-1-2-9-15/h4-5,14,16H,1-3,6-11H2. The van der Waals surface area contributed by atoms with E-state index in [1.165, 1.54) is 24.2 Å². The first-order valence-corrected chi connectivity index (χ1v) is 9.33. The molecule has 20 heavy (non-hydrogen) atoms. The Morgan fingerprint density at radius 1 is 1.30 bits per heavy atom. The Balaban J connectivity index is 1.77. The minimum absolute atomic E-state index is 0.0449. The average molecular weight is 318 g/mol. The average Bonchev–Trinajstić information content (AvgIpc) is 3.06. The predicted octanol–water partition coefficient (Wildman–Crippen LogP) is 1.05. The highest BCUT2D eigenvalue weighted by Gasteiger charge is 2.16. The first-order valence-electron chi connectivity index (χ1n) is 7.03. The number of hydrogen-bond acceptors (Lipinski definition) is 5. The van der Waals surface area contributed by atoms with Gasteiger partial charge in [-0.25, -0.2) is 13.1 Å². The molecule has 1 aliphatic heterocycles. The van der Waals surface area contributed by atoms with E-state index in [1.807, 2.05) is 0 Å². The van der Waals surface area contributed by atoms with Crippen LogP contribution in [0.15, 0.2) is 16.3 Å². The van der Waals surface area contributed by atoms with Crippen molar-refractivity contribution in [3.8, 4) is 0 Å². The summed E-state index contributed by atoms with van der Waals surface area (Å²) in [6.07, 6.45) is 3.87. The largest absolute Gasteiger partial charge is 0.396 e. The molecule has 0 aliphatic carbocycles. The number of sulfonamides is 1. The molecule has 0 bridgehead atoms. The Morgan fingerprint density at radius 2 is 2.05 bits per heavy atom. The van der Waals surface area contributed by atoms with Crippen molar-refractivity contribution in [2.45, 2.75) is 29.9 Å². The SMILES string of the molecule is O=S(=O)(NCCCN1CCCC1)c1ccc(CCO)s1. The molecule has 2 heterocycles. The van der Waals surface area contributed by atoms with Crippen LogP contribution in [0.4, 0.5) is 0 Å². The van der Waals surface area contributed by atoms with E-state index in [0.717, 1.165) is 30.9 Å². The van der Waals surface area contributed by atoms with E-state index in [0.29, 0.717) is 17.2 Å². The zero-order valence-corrected chi connectivity index (χ0v) is 13.2. The van der Waals surface area contributed by atoms with Gasteiger partial charge in [0, 0.05) is 24.4 Å². The van der Waals surface area contributed by atoms with Gasteiger partial charge in [0.05, 0.1) is 0 Å². The number of hydrogen-bond donors (Lipinski definition) is 2. The quantitative estimate of drug-likeness (QED) is 0.703. The third kappa shape index (κ3) is 4.53. The van der Waals surface area contributed by atoms with Gasteiger partial charge in [-0.2, -0.15) is 0 Å². The van der Waals surface area contributed by atoms with Crippen molar-refractivity contribution in [2.75, 3.05) is 32.8 Å². The van der Waals surface area contributed by atoms with Crippen LogP contribution in [-0.2, 0) is 16.4 Å². The molecule has 1 aliphatic rings. The number of rotatable bonds is 8. The van der Waals surface area contributed by atoms with Gasteiger partial charge in [0.15, 0.2) is 0 Å². The van der Waals surface area contributed by atoms with E-state index >= 15 is 0 Å². The fraction of sp³-hybridized carbons (Fsp3) is 0.692. The molecular formula is C13H22N2O3S2. The molecule has 2 rings (SSSR count). The molecule has 5 nitrogen and oxygen atoms in total. The number of aliphatic hydroxyl groups is 1. The van der Waals surface area contributed by atoms with E-state index in [9.17, 15) is 8.42 Å². The van der Waals surface area contributed by atoms with Crippen LogP contribution in [0.25, 0.3) is 0 Å². The molecule has 2 N–H and O–H groups in total. The van der Waals surface area contributed by atoms with Crippen LogP contribution in [-0.4, -0.2) is 51.2 Å². The predicted molar refractivity (Wildman–Crippen MR) is 80.6 cm³/mol. The van der Waals surface area contributed by atoms with Crippen LogP contribution >= 0.6 is 11.3 Å². The third-order valence-corrected chi connectivity index (χ3v) is 6.50. The molecule has 0 radical (unpaired) electrons. The molecule has 7 heteroatoms. The summed E-state index contributed by atoms with van der Waals surface area (Å²) in [5.41, 5.74) is 0. The lowest BCUT2D eigenvalue weighted by Gasteiger charge is -2.14. The van der Waals surface area contributed by atoms with Crippen LogP contribution in [0.2, 0.25) is 0 Å². The van der Waals surface area contributed by atoms with Gasteiger partial charge in [-0.1, -0.05) is 0 Å². The molecule has 0 spiro atoms. The van der Waals surface area contributed by atoms with Gasteiger partial charge in [-0.05, 0) is 51.0 Å². The van der Waals surface area contributed by atoms with Crippen molar-refractivity contribution in [3.05, 3.63) is 17.0 Å². The summed E-state index contributed by atoms with van der Waals surface area (Å²) < 4.78 is 27.1. The van der Waals surface area contributed by atoms with Gasteiger partial charge in [-0.3, -0.25) is 0 Å². The van der Waals surface area contributed by atoms with Gasteiger partial charge in [0.1, 0.15) is 4.21 Å².